The zero-order chi connectivity index (χ0) is 27.0. The average molecular weight is 543 g/mol. The maximum atomic E-state index is 12.8. The summed E-state index contributed by atoms with van der Waals surface area (Å²) in [6, 6.07) is 8.35. The first kappa shape index (κ1) is 25.9. The van der Waals surface area contributed by atoms with Crippen molar-refractivity contribution in [3.05, 3.63) is 48.2 Å². The maximum absolute atomic E-state index is 12.8. The molecule has 1 saturated carbocycles. The van der Waals surface area contributed by atoms with Gasteiger partial charge in [0.2, 0.25) is 0 Å². The van der Waals surface area contributed by atoms with E-state index in [1.807, 2.05) is 12.1 Å². The highest BCUT2D eigenvalue weighted by Gasteiger charge is 2.40. The third-order valence-electron chi connectivity index (χ3n) is 8.58. The first-order valence-electron chi connectivity index (χ1n) is 13.6. The van der Waals surface area contributed by atoms with Gasteiger partial charge in [0.1, 0.15) is 11.3 Å². The average Bonchev–Trinajstić information content (AvgIpc) is 3.56. The van der Waals surface area contributed by atoms with Crippen LogP contribution in [0.2, 0.25) is 0 Å². The summed E-state index contributed by atoms with van der Waals surface area (Å²) in [5, 5.41) is 5.33. The standard InChI is InChI=1S/C28H33F3N6O2/c29-28(30,31)19-1-3-20(4-2-19)33-26(38)34-23-17-32-22-5-6-24(35-25(22)23)37-14-12-36(13-15-37)21-7-9-27(10-8-21)11-16-39-18-27/h1-6,17,21,32H,7-16,18H2,(H2,33,34,38). The van der Waals surface area contributed by atoms with Gasteiger partial charge in [-0.15, -0.1) is 0 Å². The second-order valence-corrected chi connectivity index (χ2v) is 11.0. The van der Waals surface area contributed by atoms with E-state index in [1.165, 1.54) is 44.2 Å². The number of nitrogens with one attached hydrogen (secondary N) is 3. The molecular weight excluding hydrogens is 509 g/mol. The molecule has 3 aliphatic rings. The molecule has 208 valence electrons. The summed E-state index contributed by atoms with van der Waals surface area (Å²) in [5.74, 6) is 0.860. The maximum Gasteiger partial charge on any atom is 0.416 e. The van der Waals surface area contributed by atoms with Crippen molar-refractivity contribution in [2.75, 3.05) is 54.9 Å². The number of carbonyl (C=O) groups is 1. The smallest absolute Gasteiger partial charge is 0.381 e. The van der Waals surface area contributed by atoms with Crippen molar-refractivity contribution < 1.29 is 22.7 Å². The van der Waals surface area contributed by atoms with Crippen LogP contribution in [0.1, 0.15) is 37.7 Å². The second kappa shape index (κ2) is 10.3. The van der Waals surface area contributed by atoms with E-state index >= 15 is 0 Å². The van der Waals surface area contributed by atoms with Crippen molar-refractivity contribution in [2.24, 2.45) is 5.41 Å². The molecule has 3 fully saturated rings. The molecule has 0 radical (unpaired) electrons. The lowest BCUT2D eigenvalue weighted by molar-refractivity contribution is -0.137. The lowest BCUT2D eigenvalue weighted by Gasteiger charge is -2.44. The summed E-state index contributed by atoms with van der Waals surface area (Å²) < 4.78 is 44.0. The summed E-state index contributed by atoms with van der Waals surface area (Å²) in [6.07, 6.45) is 3.49. The van der Waals surface area contributed by atoms with E-state index in [0.717, 1.165) is 62.9 Å². The number of aromatic nitrogens is 2. The van der Waals surface area contributed by atoms with E-state index < -0.39 is 17.8 Å². The number of hydrogen-bond acceptors (Lipinski definition) is 5. The van der Waals surface area contributed by atoms with Crippen molar-refractivity contribution >= 4 is 34.3 Å². The number of amides is 2. The van der Waals surface area contributed by atoms with Crippen LogP contribution in [-0.2, 0) is 10.9 Å². The van der Waals surface area contributed by atoms with Crippen LogP contribution in [0.5, 0.6) is 0 Å². The largest absolute Gasteiger partial charge is 0.416 e. The van der Waals surface area contributed by atoms with E-state index in [9.17, 15) is 18.0 Å². The van der Waals surface area contributed by atoms with Gasteiger partial charge < -0.3 is 25.3 Å². The fourth-order valence-electron chi connectivity index (χ4n) is 6.23. The summed E-state index contributed by atoms with van der Waals surface area (Å²) in [7, 11) is 0. The minimum absolute atomic E-state index is 0.261. The number of halogens is 3. The number of nitrogens with zero attached hydrogens (tertiary/aromatic N) is 3. The van der Waals surface area contributed by atoms with Crippen molar-refractivity contribution in [2.45, 2.75) is 44.3 Å². The molecule has 0 unspecified atom stereocenters. The van der Waals surface area contributed by atoms with Crippen LogP contribution in [0, 0.1) is 5.41 Å². The molecule has 2 aromatic heterocycles. The number of benzene rings is 1. The molecule has 3 aromatic rings. The highest BCUT2D eigenvalue weighted by molar-refractivity contribution is 6.05. The van der Waals surface area contributed by atoms with Gasteiger partial charge in [0.05, 0.1) is 23.4 Å². The monoisotopic (exact) mass is 542 g/mol. The Kier molecular flexibility index (Phi) is 6.88. The van der Waals surface area contributed by atoms with Gasteiger partial charge >= 0.3 is 12.2 Å². The molecule has 2 aliphatic heterocycles. The summed E-state index contributed by atoms with van der Waals surface area (Å²) in [5.41, 5.74) is 1.85. The number of carbonyl (C=O) groups excluding carboxylic acids is 1. The van der Waals surface area contributed by atoms with Gasteiger partial charge in [-0.1, -0.05) is 0 Å². The lowest BCUT2D eigenvalue weighted by Crippen LogP contribution is -2.52. The van der Waals surface area contributed by atoms with Gasteiger partial charge in [0, 0.05) is 50.7 Å². The third kappa shape index (κ3) is 5.56. The van der Waals surface area contributed by atoms with Gasteiger partial charge in [-0.05, 0) is 73.9 Å². The van der Waals surface area contributed by atoms with Gasteiger partial charge in [0.15, 0.2) is 0 Å². The Labute approximate surface area is 224 Å². The number of hydrogen-bond donors (Lipinski definition) is 3. The number of alkyl halides is 3. The number of H-pyrrole nitrogens is 1. The first-order chi connectivity index (χ1) is 18.8. The zero-order valence-corrected chi connectivity index (χ0v) is 21.7. The number of urea groups is 1. The highest BCUT2D eigenvalue weighted by atomic mass is 19.4. The van der Waals surface area contributed by atoms with E-state index in [1.54, 1.807) is 6.20 Å². The SMILES string of the molecule is O=C(Nc1ccc(C(F)(F)F)cc1)Nc1c[nH]c2ccc(N3CCN(C4CCC5(CCOC5)CC4)CC3)nc12. The predicted octanol–water partition coefficient (Wildman–Crippen LogP) is 5.70. The molecule has 6 rings (SSSR count). The molecule has 2 amide bonds. The van der Waals surface area contributed by atoms with Gasteiger partial charge in [-0.25, -0.2) is 9.78 Å². The van der Waals surface area contributed by atoms with Crippen molar-refractivity contribution in [1.82, 2.24) is 14.9 Å². The molecule has 8 nitrogen and oxygen atoms in total. The lowest BCUT2D eigenvalue weighted by atomic mass is 9.72. The van der Waals surface area contributed by atoms with Gasteiger partial charge in [-0.3, -0.25) is 4.90 Å². The molecule has 39 heavy (non-hydrogen) atoms. The van der Waals surface area contributed by atoms with E-state index in [4.69, 9.17) is 9.72 Å². The zero-order valence-electron chi connectivity index (χ0n) is 21.7. The van der Waals surface area contributed by atoms with E-state index in [2.05, 4.69) is 25.4 Å². The predicted molar refractivity (Wildman–Crippen MR) is 144 cm³/mol. The van der Waals surface area contributed by atoms with Crippen LogP contribution in [0.4, 0.5) is 35.2 Å². The van der Waals surface area contributed by atoms with Crippen molar-refractivity contribution in [3.63, 3.8) is 0 Å². The molecule has 1 aliphatic carbocycles. The fraction of sp³-hybridized carbons (Fsp3) is 0.500. The molecule has 4 heterocycles. The van der Waals surface area contributed by atoms with Crippen LogP contribution >= 0.6 is 0 Å². The van der Waals surface area contributed by atoms with E-state index in [-0.39, 0.29) is 5.69 Å². The van der Waals surface area contributed by atoms with Crippen LogP contribution < -0.4 is 15.5 Å². The normalized spacial score (nSPS) is 24.4. The fourth-order valence-corrected chi connectivity index (χ4v) is 6.23. The van der Waals surface area contributed by atoms with E-state index in [0.29, 0.717) is 22.7 Å². The number of fused-ring (bicyclic) bond motifs is 1. The van der Waals surface area contributed by atoms with Crippen molar-refractivity contribution in [3.8, 4) is 0 Å². The Hall–Kier alpha value is -3.31. The quantitative estimate of drug-likeness (QED) is 0.394. The summed E-state index contributed by atoms with van der Waals surface area (Å²) in [4.78, 5) is 25.4. The van der Waals surface area contributed by atoms with Gasteiger partial charge in [0.25, 0.3) is 0 Å². The van der Waals surface area contributed by atoms with Crippen LogP contribution in [0.3, 0.4) is 0 Å². The van der Waals surface area contributed by atoms with Crippen LogP contribution in [0.15, 0.2) is 42.6 Å². The summed E-state index contributed by atoms with van der Waals surface area (Å²) in [6.45, 7) is 5.65. The molecular formula is C28H33F3N6O2. The number of pyridine rings is 1. The number of ether oxygens (including phenoxy) is 1. The molecule has 0 atom stereocenters. The molecule has 1 spiro atoms. The number of rotatable bonds is 4. The topological polar surface area (TPSA) is 85.5 Å². The van der Waals surface area contributed by atoms with Crippen molar-refractivity contribution in [1.29, 1.82) is 0 Å². The van der Waals surface area contributed by atoms with Crippen LogP contribution in [-0.4, -0.2) is 66.3 Å². The molecule has 0 bridgehead atoms. The first-order valence-corrected chi connectivity index (χ1v) is 13.6. The minimum atomic E-state index is -4.43. The molecule has 11 heteroatoms. The highest BCUT2D eigenvalue weighted by Crippen LogP contribution is 2.44. The summed E-state index contributed by atoms with van der Waals surface area (Å²) >= 11 is 0. The molecule has 3 N–H and O–H groups in total. The number of aromatic amines is 1. The number of piperazine rings is 1. The minimum Gasteiger partial charge on any atom is -0.381 e. The Morgan fingerprint density at radius 1 is 1.00 bits per heavy atom. The van der Waals surface area contributed by atoms with Crippen LogP contribution in [0.25, 0.3) is 11.0 Å². The Morgan fingerprint density at radius 2 is 1.74 bits per heavy atom. The van der Waals surface area contributed by atoms with Gasteiger partial charge in [-0.2, -0.15) is 13.2 Å². The Morgan fingerprint density at radius 3 is 2.41 bits per heavy atom. The molecule has 2 saturated heterocycles. The Balaban J connectivity index is 1.06. The third-order valence-corrected chi connectivity index (χ3v) is 8.58. The number of anilines is 3. The second-order valence-electron chi connectivity index (χ2n) is 11.0. The molecule has 1 aromatic carbocycles. The Bertz CT molecular complexity index is 1300.